The number of rotatable bonds is 6. The molecule has 0 bridgehead atoms. The van der Waals surface area contributed by atoms with Gasteiger partial charge in [0.2, 0.25) is 0 Å². The van der Waals surface area contributed by atoms with Crippen LogP contribution in [-0.2, 0) is 11.3 Å². The number of halogens is 2. The van der Waals surface area contributed by atoms with Gasteiger partial charge in [0.05, 0.1) is 0 Å². The van der Waals surface area contributed by atoms with Gasteiger partial charge in [-0.1, -0.05) is 42.5 Å². The van der Waals surface area contributed by atoms with E-state index in [0.29, 0.717) is 18.5 Å². The Hall–Kier alpha value is -2.69. The number of hydrogen-bond donors (Lipinski definition) is 1. The van der Waals surface area contributed by atoms with Gasteiger partial charge in [0, 0.05) is 18.2 Å². The second-order valence-corrected chi connectivity index (χ2v) is 4.85. The van der Waals surface area contributed by atoms with Crippen molar-refractivity contribution in [1.29, 1.82) is 0 Å². The van der Waals surface area contributed by atoms with E-state index in [2.05, 4.69) is 5.32 Å². The zero-order valence-corrected chi connectivity index (χ0v) is 12.5. The molecule has 0 atom stereocenters. The molecule has 1 amide bonds. The van der Waals surface area contributed by atoms with Crippen LogP contribution in [0.4, 0.5) is 13.6 Å². The van der Waals surface area contributed by atoms with Crippen LogP contribution in [0.15, 0.2) is 54.6 Å². The highest BCUT2D eigenvalue weighted by atomic mass is 19.1. The zero-order chi connectivity index (χ0) is 16.5. The van der Waals surface area contributed by atoms with Gasteiger partial charge in [-0.25, -0.2) is 13.6 Å². The molecule has 23 heavy (non-hydrogen) atoms. The fraction of sp³-hybridized carbons (Fsp3) is 0.167. The molecular formula is C18H17F2NO2. The Morgan fingerprint density at radius 2 is 1.91 bits per heavy atom. The molecule has 2 aromatic carbocycles. The van der Waals surface area contributed by atoms with E-state index < -0.39 is 17.7 Å². The average molecular weight is 317 g/mol. The highest BCUT2D eigenvalue weighted by molar-refractivity contribution is 5.67. The minimum atomic E-state index is -0.614. The van der Waals surface area contributed by atoms with Gasteiger partial charge >= 0.3 is 6.09 Å². The minimum Gasteiger partial charge on any atom is -0.445 e. The first-order valence-electron chi connectivity index (χ1n) is 7.21. The van der Waals surface area contributed by atoms with Crippen molar-refractivity contribution in [3.05, 3.63) is 77.4 Å². The van der Waals surface area contributed by atoms with Crippen molar-refractivity contribution in [2.45, 2.75) is 13.0 Å². The molecular weight excluding hydrogens is 300 g/mol. The standard InChI is InChI=1S/C18H17F2NO2/c19-16-10-9-15(17(20)12-16)8-4-5-11-21-18(22)23-13-14-6-2-1-3-7-14/h1-4,6-10,12H,5,11,13H2,(H,21,22). The van der Waals surface area contributed by atoms with Crippen LogP contribution in [0.3, 0.4) is 0 Å². The molecule has 120 valence electrons. The molecule has 3 nitrogen and oxygen atoms in total. The lowest BCUT2D eigenvalue weighted by Crippen LogP contribution is -2.24. The molecule has 0 fully saturated rings. The summed E-state index contributed by atoms with van der Waals surface area (Å²) in [5.74, 6) is -1.22. The van der Waals surface area contributed by atoms with Crippen molar-refractivity contribution in [2.75, 3.05) is 6.54 Å². The number of amides is 1. The van der Waals surface area contributed by atoms with E-state index in [0.717, 1.165) is 11.6 Å². The van der Waals surface area contributed by atoms with Gasteiger partial charge in [0.1, 0.15) is 18.2 Å². The SMILES string of the molecule is O=C(NCCC=Cc1ccc(F)cc1F)OCc1ccccc1. The molecule has 0 saturated carbocycles. The summed E-state index contributed by atoms with van der Waals surface area (Å²) in [4.78, 5) is 11.5. The van der Waals surface area contributed by atoms with Gasteiger partial charge in [-0.2, -0.15) is 0 Å². The normalized spacial score (nSPS) is 10.7. The largest absolute Gasteiger partial charge is 0.445 e. The predicted octanol–water partition coefficient (Wildman–Crippen LogP) is 4.29. The fourth-order valence-electron chi connectivity index (χ4n) is 1.88. The molecule has 5 heteroatoms. The second kappa shape index (κ2) is 8.68. The van der Waals surface area contributed by atoms with E-state index in [-0.39, 0.29) is 6.61 Å². The Balaban J connectivity index is 1.66. The fourth-order valence-corrected chi connectivity index (χ4v) is 1.88. The molecule has 0 aliphatic carbocycles. The topological polar surface area (TPSA) is 38.3 Å². The summed E-state index contributed by atoms with van der Waals surface area (Å²) in [5, 5.41) is 2.60. The molecule has 0 aliphatic heterocycles. The first-order valence-corrected chi connectivity index (χ1v) is 7.21. The van der Waals surface area contributed by atoms with Crippen molar-refractivity contribution in [2.24, 2.45) is 0 Å². The van der Waals surface area contributed by atoms with Crippen LogP contribution < -0.4 is 5.32 Å². The Morgan fingerprint density at radius 3 is 2.65 bits per heavy atom. The Bertz CT molecular complexity index is 672. The maximum Gasteiger partial charge on any atom is 0.407 e. The van der Waals surface area contributed by atoms with Gasteiger partial charge in [-0.15, -0.1) is 0 Å². The van der Waals surface area contributed by atoms with Crippen molar-refractivity contribution in [3.8, 4) is 0 Å². The quantitative estimate of drug-likeness (QED) is 0.807. The summed E-state index contributed by atoms with van der Waals surface area (Å²) in [6.45, 7) is 0.580. The number of benzene rings is 2. The molecule has 0 radical (unpaired) electrons. The number of ether oxygens (including phenoxy) is 1. The van der Waals surface area contributed by atoms with E-state index in [1.807, 2.05) is 30.3 Å². The summed E-state index contributed by atoms with van der Waals surface area (Å²) in [6.07, 6.45) is 3.26. The van der Waals surface area contributed by atoms with Crippen LogP contribution in [-0.4, -0.2) is 12.6 Å². The number of nitrogens with one attached hydrogen (secondary N) is 1. The summed E-state index contributed by atoms with van der Waals surface area (Å²) in [6, 6.07) is 12.8. The van der Waals surface area contributed by atoms with Crippen molar-refractivity contribution < 1.29 is 18.3 Å². The van der Waals surface area contributed by atoms with Gasteiger partial charge in [-0.05, 0) is 24.1 Å². The smallest absolute Gasteiger partial charge is 0.407 e. The zero-order valence-electron chi connectivity index (χ0n) is 12.5. The number of hydrogen-bond acceptors (Lipinski definition) is 2. The van der Waals surface area contributed by atoms with Gasteiger partial charge in [-0.3, -0.25) is 0 Å². The molecule has 0 aromatic heterocycles. The maximum atomic E-state index is 13.4. The van der Waals surface area contributed by atoms with E-state index in [4.69, 9.17) is 4.74 Å². The monoisotopic (exact) mass is 317 g/mol. The molecule has 2 aromatic rings. The van der Waals surface area contributed by atoms with Crippen molar-refractivity contribution in [1.82, 2.24) is 5.32 Å². The third-order valence-corrected chi connectivity index (χ3v) is 3.05. The lowest BCUT2D eigenvalue weighted by molar-refractivity contribution is 0.140. The molecule has 0 unspecified atom stereocenters. The van der Waals surface area contributed by atoms with E-state index in [9.17, 15) is 13.6 Å². The summed E-state index contributed by atoms with van der Waals surface area (Å²) < 4.78 is 31.2. The Morgan fingerprint density at radius 1 is 1.13 bits per heavy atom. The lowest BCUT2D eigenvalue weighted by atomic mass is 10.2. The molecule has 0 aliphatic rings. The first kappa shape index (κ1) is 16.7. The van der Waals surface area contributed by atoms with E-state index >= 15 is 0 Å². The summed E-state index contributed by atoms with van der Waals surface area (Å²) in [7, 11) is 0. The molecule has 2 rings (SSSR count). The van der Waals surface area contributed by atoms with Crippen LogP contribution >= 0.6 is 0 Å². The second-order valence-electron chi connectivity index (χ2n) is 4.85. The minimum absolute atomic E-state index is 0.212. The van der Waals surface area contributed by atoms with Crippen LogP contribution in [0.25, 0.3) is 6.08 Å². The highest BCUT2D eigenvalue weighted by Gasteiger charge is 2.01. The van der Waals surface area contributed by atoms with Gasteiger partial charge in [0.25, 0.3) is 0 Å². The average Bonchev–Trinajstić information content (AvgIpc) is 2.55. The number of alkyl carbamates (subject to hydrolysis) is 1. The van der Waals surface area contributed by atoms with Gasteiger partial charge < -0.3 is 10.1 Å². The number of carbonyl (C=O) groups is 1. The lowest BCUT2D eigenvalue weighted by Gasteiger charge is -2.05. The Labute approximate surface area is 133 Å². The van der Waals surface area contributed by atoms with E-state index in [1.54, 1.807) is 12.2 Å². The maximum absolute atomic E-state index is 13.4. The van der Waals surface area contributed by atoms with Crippen LogP contribution in [0, 0.1) is 11.6 Å². The third-order valence-electron chi connectivity index (χ3n) is 3.05. The van der Waals surface area contributed by atoms with E-state index in [1.165, 1.54) is 12.1 Å². The van der Waals surface area contributed by atoms with Crippen LogP contribution in [0.2, 0.25) is 0 Å². The predicted molar refractivity (Wildman–Crippen MR) is 84.6 cm³/mol. The molecule has 0 spiro atoms. The summed E-state index contributed by atoms with van der Waals surface area (Å²) in [5.41, 5.74) is 1.22. The third kappa shape index (κ3) is 5.90. The van der Waals surface area contributed by atoms with Crippen molar-refractivity contribution in [3.63, 3.8) is 0 Å². The molecule has 1 N–H and O–H groups in total. The van der Waals surface area contributed by atoms with Crippen molar-refractivity contribution >= 4 is 12.2 Å². The molecule has 0 heterocycles. The number of carbonyl (C=O) groups excluding carboxylic acids is 1. The van der Waals surface area contributed by atoms with Crippen LogP contribution in [0.1, 0.15) is 17.5 Å². The highest BCUT2D eigenvalue weighted by Crippen LogP contribution is 2.11. The van der Waals surface area contributed by atoms with Gasteiger partial charge in [0.15, 0.2) is 0 Å². The molecule has 0 saturated heterocycles. The van der Waals surface area contributed by atoms with Crippen LogP contribution in [0.5, 0.6) is 0 Å². The summed E-state index contributed by atoms with van der Waals surface area (Å²) >= 11 is 0. The first-order chi connectivity index (χ1) is 11.1. The Kier molecular flexibility index (Phi) is 6.29.